The van der Waals surface area contributed by atoms with Crippen LogP contribution in [0.2, 0.25) is 0 Å². The molecule has 1 fully saturated rings. The molecular formula is C24H49N. The van der Waals surface area contributed by atoms with E-state index in [1.165, 1.54) is 135 Å². The zero-order valence-electron chi connectivity index (χ0n) is 17.9. The predicted octanol–water partition coefficient (Wildman–Crippen LogP) is 7.98. The standard InChI is InChI=1S/C24H49N/c1-3-5-7-9-10-11-12-13-14-15-16-18-24-19-22-25(23-20-24)21-17-8-6-4-2/h24H,3-23H2,1-2H3. The molecule has 0 N–H and O–H groups in total. The third-order valence-corrected chi connectivity index (χ3v) is 6.25. The van der Waals surface area contributed by atoms with Gasteiger partial charge in [-0.15, -0.1) is 0 Å². The third-order valence-electron chi connectivity index (χ3n) is 6.25. The van der Waals surface area contributed by atoms with Crippen molar-refractivity contribution in [2.75, 3.05) is 19.6 Å². The molecule has 1 heteroatoms. The van der Waals surface area contributed by atoms with E-state index in [1.54, 1.807) is 0 Å². The van der Waals surface area contributed by atoms with Crippen LogP contribution >= 0.6 is 0 Å². The molecule has 0 bridgehead atoms. The van der Waals surface area contributed by atoms with Crippen molar-refractivity contribution in [1.82, 2.24) is 4.90 Å². The monoisotopic (exact) mass is 351 g/mol. The molecule has 0 radical (unpaired) electrons. The summed E-state index contributed by atoms with van der Waals surface area (Å²) in [5, 5.41) is 0. The second kappa shape index (κ2) is 17.4. The highest BCUT2D eigenvalue weighted by atomic mass is 15.1. The summed E-state index contributed by atoms with van der Waals surface area (Å²) in [5.41, 5.74) is 0. The number of hydrogen-bond acceptors (Lipinski definition) is 1. The Bertz CT molecular complexity index is 255. The van der Waals surface area contributed by atoms with Gasteiger partial charge in [0.1, 0.15) is 0 Å². The van der Waals surface area contributed by atoms with Gasteiger partial charge in [-0.1, -0.05) is 110 Å². The second-order valence-corrected chi connectivity index (χ2v) is 8.67. The molecule has 1 nitrogen and oxygen atoms in total. The molecule has 0 aromatic carbocycles. The lowest BCUT2D eigenvalue weighted by Crippen LogP contribution is -2.34. The fraction of sp³-hybridized carbons (Fsp3) is 1.00. The first-order chi connectivity index (χ1) is 12.4. The Balaban J connectivity index is 1.81. The number of piperidine rings is 1. The Morgan fingerprint density at radius 1 is 0.560 bits per heavy atom. The van der Waals surface area contributed by atoms with Crippen molar-refractivity contribution in [3.8, 4) is 0 Å². The molecule has 0 aromatic heterocycles. The second-order valence-electron chi connectivity index (χ2n) is 8.67. The van der Waals surface area contributed by atoms with E-state index in [2.05, 4.69) is 18.7 Å². The van der Waals surface area contributed by atoms with E-state index in [4.69, 9.17) is 0 Å². The Morgan fingerprint density at radius 2 is 1.00 bits per heavy atom. The highest BCUT2D eigenvalue weighted by Crippen LogP contribution is 2.23. The van der Waals surface area contributed by atoms with E-state index in [-0.39, 0.29) is 0 Å². The van der Waals surface area contributed by atoms with Crippen LogP contribution in [0.3, 0.4) is 0 Å². The van der Waals surface area contributed by atoms with Crippen LogP contribution in [0.15, 0.2) is 0 Å². The van der Waals surface area contributed by atoms with Crippen molar-refractivity contribution in [3.63, 3.8) is 0 Å². The molecule has 25 heavy (non-hydrogen) atoms. The smallest absolute Gasteiger partial charge is 0.00161 e. The van der Waals surface area contributed by atoms with Crippen molar-refractivity contribution in [2.45, 2.75) is 129 Å². The molecule has 0 spiro atoms. The van der Waals surface area contributed by atoms with E-state index < -0.39 is 0 Å². The van der Waals surface area contributed by atoms with Crippen molar-refractivity contribution in [3.05, 3.63) is 0 Å². The molecule has 0 aromatic rings. The van der Waals surface area contributed by atoms with Gasteiger partial charge in [-0.2, -0.15) is 0 Å². The van der Waals surface area contributed by atoms with Gasteiger partial charge in [0, 0.05) is 0 Å². The van der Waals surface area contributed by atoms with E-state index in [9.17, 15) is 0 Å². The van der Waals surface area contributed by atoms with Crippen LogP contribution in [0.5, 0.6) is 0 Å². The average molecular weight is 352 g/mol. The predicted molar refractivity (Wildman–Crippen MR) is 114 cm³/mol. The normalized spacial score (nSPS) is 16.6. The van der Waals surface area contributed by atoms with E-state index >= 15 is 0 Å². The van der Waals surface area contributed by atoms with Gasteiger partial charge in [0.15, 0.2) is 0 Å². The summed E-state index contributed by atoms with van der Waals surface area (Å²) in [4.78, 5) is 2.73. The fourth-order valence-corrected chi connectivity index (χ4v) is 4.36. The minimum atomic E-state index is 1.05. The number of unbranched alkanes of at least 4 members (excludes halogenated alkanes) is 13. The molecule has 0 saturated carbocycles. The lowest BCUT2D eigenvalue weighted by molar-refractivity contribution is 0.174. The molecule has 150 valence electrons. The van der Waals surface area contributed by atoms with Gasteiger partial charge in [0.2, 0.25) is 0 Å². The van der Waals surface area contributed by atoms with Crippen molar-refractivity contribution in [1.29, 1.82) is 0 Å². The minimum Gasteiger partial charge on any atom is -0.303 e. The summed E-state index contributed by atoms with van der Waals surface area (Å²) in [5.74, 6) is 1.05. The largest absolute Gasteiger partial charge is 0.303 e. The Kier molecular flexibility index (Phi) is 16.0. The third kappa shape index (κ3) is 13.8. The average Bonchev–Trinajstić information content (AvgIpc) is 2.64. The molecule has 0 atom stereocenters. The van der Waals surface area contributed by atoms with Crippen LogP contribution in [0, 0.1) is 5.92 Å². The van der Waals surface area contributed by atoms with E-state index in [0.717, 1.165) is 5.92 Å². The molecule has 1 aliphatic heterocycles. The number of rotatable bonds is 17. The minimum absolute atomic E-state index is 1.05. The first-order valence-electron chi connectivity index (χ1n) is 12.1. The SMILES string of the molecule is CCCCCCCCCCCCCC1CCN(CCCCCC)CC1. The zero-order valence-corrected chi connectivity index (χ0v) is 17.9. The van der Waals surface area contributed by atoms with Gasteiger partial charge >= 0.3 is 0 Å². The molecule has 0 aliphatic carbocycles. The quantitative estimate of drug-likeness (QED) is 0.240. The summed E-state index contributed by atoms with van der Waals surface area (Å²) in [6, 6.07) is 0. The maximum absolute atomic E-state index is 2.73. The maximum Gasteiger partial charge on any atom is -0.00161 e. The van der Waals surface area contributed by atoms with Gasteiger partial charge < -0.3 is 4.90 Å². The summed E-state index contributed by atoms with van der Waals surface area (Å²) in [7, 11) is 0. The maximum atomic E-state index is 2.73. The Morgan fingerprint density at radius 3 is 1.52 bits per heavy atom. The topological polar surface area (TPSA) is 3.24 Å². The molecule has 1 saturated heterocycles. The first kappa shape index (κ1) is 23.0. The molecule has 1 aliphatic rings. The first-order valence-corrected chi connectivity index (χ1v) is 12.1. The van der Waals surface area contributed by atoms with Gasteiger partial charge in [-0.25, -0.2) is 0 Å². The highest BCUT2D eigenvalue weighted by Gasteiger charge is 2.18. The van der Waals surface area contributed by atoms with Crippen LogP contribution in [0.4, 0.5) is 0 Å². The summed E-state index contributed by atoms with van der Waals surface area (Å²) < 4.78 is 0. The summed E-state index contributed by atoms with van der Waals surface area (Å²) >= 11 is 0. The number of likely N-dealkylation sites (tertiary alicyclic amines) is 1. The van der Waals surface area contributed by atoms with Crippen LogP contribution in [0.25, 0.3) is 0 Å². The van der Waals surface area contributed by atoms with Gasteiger partial charge in [-0.05, 0) is 44.8 Å². The van der Waals surface area contributed by atoms with Gasteiger partial charge in [0.25, 0.3) is 0 Å². The lowest BCUT2D eigenvalue weighted by Gasteiger charge is -2.32. The molecule has 0 unspecified atom stereocenters. The van der Waals surface area contributed by atoms with Crippen molar-refractivity contribution in [2.24, 2.45) is 5.92 Å². The fourth-order valence-electron chi connectivity index (χ4n) is 4.36. The van der Waals surface area contributed by atoms with Crippen LogP contribution < -0.4 is 0 Å². The Hall–Kier alpha value is -0.0400. The molecule has 1 heterocycles. The molecule has 0 amide bonds. The molecular weight excluding hydrogens is 302 g/mol. The zero-order chi connectivity index (χ0) is 18.0. The van der Waals surface area contributed by atoms with Crippen LogP contribution in [-0.2, 0) is 0 Å². The van der Waals surface area contributed by atoms with Gasteiger partial charge in [0.05, 0.1) is 0 Å². The summed E-state index contributed by atoms with van der Waals surface area (Å²) in [6.45, 7) is 8.74. The van der Waals surface area contributed by atoms with Crippen molar-refractivity contribution < 1.29 is 0 Å². The Labute approximate surface area is 160 Å². The van der Waals surface area contributed by atoms with Crippen LogP contribution in [0.1, 0.15) is 129 Å². The molecule has 1 rings (SSSR count). The van der Waals surface area contributed by atoms with E-state index in [0.29, 0.717) is 0 Å². The van der Waals surface area contributed by atoms with Crippen molar-refractivity contribution >= 4 is 0 Å². The summed E-state index contributed by atoms with van der Waals surface area (Å²) in [6.07, 6.45) is 26.3. The highest BCUT2D eigenvalue weighted by molar-refractivity contribution is 4.72. The van der Waals surface area contributed by atoms with E-state index in [1.807, 2.05) is 0 Å². The van der Waals surface area contributed by atoms with Gasteiger partial charge in [-0.3, -0.25) is 0 Å². The number of nitrogens with zero attached hydrogens (tertiary/aromatic N) is 1. The number of hydrogen-bond donors (Lipinski definition) is 0. The van der Waals surface area contributed by atoms with Crippen LogP contribution in [-0.4, -0.2) is 24.5 Å². The lowest BCUT2D eigenvalue weighted by atomic mass is 9.91.